The van der Waals surface area contributed by atoms with Gasteiger partial charge in [-0.25, -0.2) is 4.98 Å². The van der Waals surface area contributed by atoms with Crippen LogP contribution in [0.2, 0.25) is 0 Å². The maximum atomic E-state index is 12.4. The van der Waals surface area contributed by atoms with Gasteiger partial charge in [-0.15, -0.1) is 11.3 Å². The second kappa shape index (κ2) is 7.68. The Hall–Kier alpha value is -2.41. The Balaban J connectivity index is 1.59. The van der Waals surface area contributed by atoms with Crippen LogP contribution in [0.15, 0.2) is 29.9 Å². The van der Waals surface area contributed by atoms with Crippen LogP contribution < -0.4 is 10.1 Å². The molecule has 1 aliphatic carbocycles. The lowest BCUT2D eigenvalue weighted by Crippen LogP contribution is -2.18. The van der Waals surface area contributed by atoms with Crippen LogP contribution in [-0.2, 0) is 0 Å². The van der Waals surface area contributed by atoms with Gasteiger partial charge >= 0.3 is 0 Å². The molecule has 1 aromatic carbocycles. The van der Waals surface area contributed by atoms with Crippen molar-refractivity contribution in [2.24, 2.45) is 5.92 Å². The van der Waals surface area contributed by atoms with Crippen molar-refractivity contribution < 1.29 is 9.53 Å². The number of rotatable bonds is 5. The fraction of sp³-hybridized carbons (Fsp3) is 0.450. The second-order valence-electron chi connectivity index (χ2n) is 7.09. The number of amides is 1. The van der Waals surface area contributed by atoms with E-state index in [1.54, 1.807) is 18.7 Å². The number of hydrogen-bond donors (Lipinski definition) is 1. The van der Waals surface area contributed by atoms with Crippen molar-refractivity contribution >= 4 is 33.8 Å². The summed E-state index contributed by atoms with van der Waals surface area (Å²) in [6, 6.07) is 4.28. The van der Waals surface area contributed by atoms with E-state index in [-0.39, 0.29) is 5.91 Å². The second-order valence-corrected chi connectivity index (χ2v) is 7.99. The Morgan fingerprint density at radius 2 is 2.15 bits per heavy atom. The lowest BCUT2D eigenvalue weighted by Gasteiger charge is -2.27. The van der Waals surface area contributed by atoms with Gasteiger partial charge in [-0.3, -0.25) is 9.48 Å². The molecule has 0 bridgehead atoms. The Bertz CT molecular complexity index is 927. The minimum Gasteiger partial charge on any atom is -0.494 e. The molecule has 6 nitrogen and oxygen atoms in total. The molecule has 142 valence electrons. The van der Waals surface area contributed by atoms with Gasteiger partial charge in [0.25, 0.3) is 5.91 Å². The number of methoxy groups -OCH3 is 1. The molecule has 1 aliphatic rings. The Morgan fingerprint density at radius 1 is 1.33 bits per heavy atom. The molecule has 4 rings (SSSR count). The normalized spacial score (nSPS) is 19.9. The van der Waals surface area contributed by atoms with E-state index in [1.165, 1.54) is 43.4 Å². The van der Waals surface area contributed by atoms with Crippen LogP contribution in [0, 0.1) is 5.92 Å². The standard InChI is InChI=1S/C20H24N4O2S/c1-3-13-4-6-15(7-5-13)24-12-14-10-17(18(26-2)11-16(14)23-24)22-19(25)20-21-8-9-27-20/h8-13,15H,3-7H2,1-2H3,(H,22,25)/t13-,15-. The monoisotopic (exact) mass is 384 g/mol. The molecule has 0 saturated heterocycles. The molecule has 27 heavy (non-hydrogen) atoms. The predicted octanol–water partition coefficient (Wildman–Crippen LogP) is 4.90. The zero-order valence-corrected chi connectivity index (χ0v) is 16.5. The summed E-state index contributed by atoms with van der Waals surface area (Å²) < 4.78 is 7.57. The lowest BCUT2D eigenvalue weighted by molar-refractivity contribution is 0.102. The van der Waals surface area contributed by atoms with Crippen LogP contribution in [0.4, 0.5) is 5.69 Å². The number of nitrogens with one attached hydrogen (secondary N) is 1. The molecule has 1 N–H and O–H groups in total. The van der Waals surface area contributed by atoms with Gasteiger partial charge in [0.1, 0.15) is 5.75 Å². The first-order valence-electron chi connectivity index (χ1n) is 9.45. The SMILES string of the molecule is CC[C@H]1CC[C@H](n2cc3cc(NC(=O)c4nccs4)c(OC)cc3n2)CC1. The molecule has 3 aromatic rings. The average Bonchev–Trinajstić information content (AvgIpc) is 3.37. The van der Waals surface area contributed by atoms with Crippen LogP contribution in [0.3, 0.4) is 0 Å². The van der Waals surface area contributed by atoms with E-state index < -0.39 is 0 Å². The smallest absolute Gasteiger partial charge is 0.284 e. The van der Waals surface area contributed by atoms with Gasteiger partial charge in [-0.1, -0.05) is 13.3 Å². The highest BCUT2D eigenvalue weighted by molar-refractivity contribution is 7.11. The van der Waals surface area contributed by atoms with E-state index in [0.717, 1.165) is 16.8 Å². The van der Waals surface area contributed by atoms with Crippen molar-refractivity contribution in [2.75, 3.05) is 12.4 Å². The van der Waals surface area contributed by atoms with Gasteiger partial charge in [0.15, 0.2) is 5.01 Å². The number of carbonyl (C=O) groups is 1. The molecule has 0 radical (unpaired) electrons. The first-order valence-corrected chi connectivity index (χ1v) is 10.3. The third-order valence-corrected chi connectivity index (χ3v) is 6.26. The predicted molar refractivity (Wildman–Crippen MR) is 108 cm³/mol. The van der Waals surface area contributed by atoms with Crippen molar-refractivity contribution in [3.63, 3.8) is 0 Å². The van der Waals surface area contributed by atoms with Crippen molar-refractivity contribution in [3.05, 3.63) is 34.9 Å². The number of hydrogen-bond acceptors (Lipinski definition) is 5. The van der Waals surface area contributed by atoms with E-state index >= 15 is 0 Å². The molecule has 0 atom stereocenters. The number of anilines is 1. The first-order chi connectivity index (χ1) is 13.2. The third kappa shape index (κ3) is 3.69. The highest BCUT2D eigenvalue weighted by Gasteiger charge is 2.22. The Kier molecular flexibility index (Phi) is 5.11. The summed E-state index contributed by atoms with van der Waals surface area (Å²) in [5, 5.41) is 10.9. The minimum absolute atomic E-state index is 0.229. The largest absolute Gasteiger partial charge is 0.494 e. The number of fused-ring (bicyclic) bond motifs is 1. The topological polar surface area (TPSA) is 69.0 Å². The van der Waals surface area contributed by atoms with E-state index in [1.807, 2.05) is 12.1 Å². The zero-order valence-electron chi connectivity index (χ0n) is 15.6. The van der Waals surface area contributed by atoms with Crippen LogP contribution >= 0.6 is 11.3 Å². The summed E-state index contributed by atoms with van der Waals surface area (Å²) in [6.45, 7) is 2.28. The summed E-state index contributed by atoms with van der Waals surface area (Å²) in [6.07, 6.45) is 9.88. The van der Waals surface area contributed by atoms with Gasteiger partial charge in [0.05, 0.1) is 24.4 Å². The molecule has 7 heteroatoms. The van der Waals surface area contributed by atoms with E-state index in [2.05, 4.69) is 28.1 Å². The van der Waals surface area contributed by atoms with Crippen LogP contribution in [0.5, 0.6) is 5.75 Å². The Labute approximate surface area is 162 Å². The molecular weight excluding hydrogens is 360 g/mol. The molecule has 0 unspecified atom stereocenters. The fourth-order valence-electron chi connectivity index (χ4n) is 3.85. The van der Waals surface area contributed by atoms with Crippen molar-refractivity contribution in [1.82, 2.24) is 14.8 Å². The molecule has 1 amide bonds. The van der Waals surface area contributed by atoms with E-state index in [0.29, 0.717) is 22.5 Å². The summed E-state index contributed by atoms with van der Waals surface area (Å²) in [5.41, 5.74) is 1.52. The van der Waals surface area contributed by atoms with Crippen LogP contribution in [0.1, 0.15) is 54.9 Å². The molecular formula is C20H24N4O2S. The maximum absolute atomic E-state index is 12.4. The van der Waals surface area contributed by atoms with Crippen molar-refractivity contribution in [2.45, 2.75) is 45.1 Å². The molecule has 0 aliphatic heterocycles. The number of ether oxygens (including phenoxy) is 1. The lowest BCUT2D eigenvalue weighted by atomic mass is 9.85. The summed E-state index contributed by atoms with van der Waals surface area (Å²) in [4.78, 5) is 16.4. The highest BCUT2D eigenvalue weighted by Crippen LogP contribution is 2.35. The zero-order chi connectivity index (χ0) is 18.8. The van der Waals surface area contributed by atoms with Gasteiger partial charge in [-0.05, 0) is 37.7 Å². The number of nitrogens with zero attached hydrogens (tertiary/aromatic N) is 3. The highest BCUT2D eigenvalue weighted by atomic mass is 32.1. The fourth-order valence-corrected chi connectivity index (χ4v) is 4.38. The average molecular weight is 385 g/mol. The number of benzene rings is 1. The van der Waals surface area contributed by atoms with Crippen molar-refractivity contribution in [3.8, 4) is 5.75 Å². The third-order valence-electron chi connectivity index (χ3n) is 5.49. The van der Waals surface area contributed by atoms with E-state index in [9.17, 15) is 4.79 Å². The Morgan fingerprint density at radius 3 is 2.81 bits per heavy atom. The summed E-state index contributed by atoms with van der Waals surface area (Å²) in [7, 11) is 1.60. The summed E-state index contributed by atoms with van der Waals surface area (Å²) >= 11 is 1.31. The molecule has 1 fully saturated rings. The van der Waals surface area contributed by atoms with Gasteiger partial charge in [0.2, 0.25) is 0 Å². The molecule has 0 spiro atoms. The van der Waals surface area contributed by atoms with Gasteiger partial charge in [-0.2, -0.15) is 5.10 Å². The summed E-state index contributed by atoms with van der Waals surface area (Å²) in [5.74, 6) is 1.24. The van der Waals surface area contributed by atoms with Crippen LogP contribution in [0.25, 0.3) is 10.9 Å². The van der Waals surface area contributed by atoms with Gasteiger partial charge < -0.3 is 10.1 Å². The maximum Gasteiger partial charge on any atom is 0.284 e. The van der Waals surface area contributed by atoms with Crippen LogP contribution in [-0.4, -0.2) is 27.8 Å². The molecule has 2 aromatic heterocycles. The van der Waals surface area contributed by atoms with Crippen molar-refractivity contribution in [1.29, 1.82) is 0 Å². The van der Waals surface area contributed by atoms with E-state index in [4.69, 9.17) is 9.84 Å². The minimum atomic E-state index is -0.229. The van der Waals surface area contributed by atoms with Gasteiger partial charge in [0, 0.05) is 29.2 Å². The first kappa shape index (κ1) is 18.0. The number of carbonyl (C=O) groups excluding carboxylic acids is 1. The number of thiazole rings is 1. The number of aromatic nitrogens is 3. The molecule has 1 saturated carbocycles. The quantitative estimate of drug-likeness (QED) is 0.680. The molecule has 2 heterocycles.